The van der Waals surface area contributed by atoms with E-state index in [1.54, 1.807) is 7.05 Å². The molecule has 1 aliphatic carbocycles. The minimum absolute atomic E-state index is 0. The first-order valence-electron chi connectivity index (χ1n) is 8.39. The van der Waals surface area contributed by atoms with Crippen molar-refractivity contribution in [1.82, 2.24) is 16.0 Å². The van der Waals surface area contributed by atoms with E-state index in [-0.39, 0.29) is 35.3 Å². The van der Waals surface area contributed by atoms with Crippen LogP contribution in [0.25, 0.3) is 0 Å². The van der Waals surface area contributed by atoms with Crippen LogP contribution in [0.2, 0.25) is 0 Å². The Labute approximate surface area is 158 Å². The van der Waals surface area contributed by atoms with Gasteiger partial charge in [0.15, 0.2) is 5.96 Å². The van der Waals surface area contributed by atoms with Crippen molar-refractivity contribution in [3.63, 3.8) is 0 Å². The topological polar surface area (TPSA) is 65.5 Å². The zero-order valence-electron chi connectivity index (χ0n) is 15.6. The highest BCUT2D eigenvalue weighted by atomic mass is 127. The Kier molecular flexibility index (Phi) is 9.47. The van der Waals surface area contributed by atoms with Crippen LogP contribution in [0.3, 0.4) is 0 Å². The second-order valence-corrected chi connectivity index (χ2v) is 8.09. The average molecular weight is 438 g/mol. The van der Waals surface area contributed by atoms with E-state index < -0.39 is 0 Å². The minimum atomic E-state index is -0.338. The molecule has 0 aromatic rings. The predicted octanol–water partition coefficient (Wildman–Crippen LogP) is 2.90. The average Bonchev–Trinajstić information content (AvgIpc) is 2.42. The van der Waals surface area contributed by atoms with E-state index in [2.05, 4.69) is 34.8 Å². The van der Waals surface area contributed by atoms with Gasteiger partial charge in [-0.1, -0.05) is 34.6 Å². The van der Waals surface area contributed by atoms with Crippen LogP contribution in [-0.4, -0.2) is 38.0 Å². The van der Waals surface area contributed by atoms with Gasteiger partial charge in [0.1, 0.15) is 0 Å². The molecule has 1 aliphatic rings. The van der Waals surface area contributed by atoms with Crippen molar-refractivity contribution in [1.29, 1.82) is 0 Å². The summed E-state index contributed by atoms with van der Waals surface area (Å²) in [7, 11) is 1.79. The summed E-state index contributed by atoms with van der Waals surface area (Å²) in [6, 6.07) is 0.503. The number of hydrogen-bond donors (Lipinski definition) is 3. The molecule has 0 saturated heterocycles. The van der Waals surface area contributed by atoms with Gasteiger partial charge in [0.05, 0.1) is 0 Å². The molecule has 0 atom stereocenters. The summed E-state index contributed by atoms with van der Waals surface area (Å²) in [5.41, 5.74) is 0.140. The van der Waals surface area contributed by atoms with E-state index in [0.717, 1.165) is 5.96 Å². The maximum absolute atomic E-state index is 11.8. The third kappa shape index (κ3) is 8.77. The van der Waals surface area contributed by atoms with Crippen LogP contribution in [-0.2, 0) is 4.79 Å². The van der Waals surface area contributed by atoms with Crippen LogP contribution in [0.4, 0.5) is 0 Å². The van der Waals surface area contributed by atoms with Crippen LogP contribution in [0, 0.1) is 10.8 Å². The maximum atomic E-state index is 11.8. The highest BCUT2D eigenvalue weighted by Gasteiger charge is 2.27. The van der Waals surface area contributed by atoms with E-state index in [9.17, 15) is 4.79 Å². The summed E-state index contributed by atoms with van der Waals surface area (Å²) in [5.74, 6) is 0.904. The number of rotatable bonds is 4. The molecular formula is C17H35IN4O. The van der Waals surface area contributed by atoms with Gasteiger partial charge >= 0.3 is 0 Å². The fraction of sp³-hybridized carbons (Fsp3) is 0.882. The lowest BCUT2D eigenvalue weighted by atomic mass is 9.75. The molecule has 0 aromatic heterocycles. The third-order valence-corrected chi connectivity index (χ3v) is 4.29. The molecule has 0 bridgehead atoms. The lowest BCUT2D eigenvalue weighted by molar-refractivity contribution is -0.128. The molecule has 0 unspecified atom stereocenters. The lowest BCUT2D eigenvalue weighted by Crippen LogP contribution is -2.47. The Morgan fingerprint density at radius 1 is 1.13 bits per heavy atom. The van der Waals surface area contributed by atoms with Crippen molar-refractivity contribution in [2.75, 3.05) is 20.1 Å². The summed E-state index contributed by atoms with van der Waals surface area (Å²) >= 11 is 0. The summed E-state index contributed by atoms with van der Waals surface area (Å²) < 4.78 is 0. The number of carbonyl (C=O) groups excluding carboxylic acids is 1. The van der Waals surface area contributed by atoms with Crippen molar-refractivity contribution >= 4 is 35.8 Å². The van der Waals surface area contributed by atoms with Crippen LogP contribution >= 0.6 is 24.0 Å². The molecular weight excluding hydrogens is 403 g/mol. The van der Waals surface area contributed by atoms with E-state index >= 15 is 0 Å². The fourth-order valence-corrected chi connectivity index (χ4v) is 2.55. The minimum Gasteiger partial charge on any atom is -0.355 e. The van der Waals surface area contributed by atoms with Crippen LogP contribution in [0.1, 0.15) is 60.3 Å². The Bertz CT molecular complexity index is 392. The number of carbonyl (C=O) groups is 1. The summed E-state index contributed by atoms with van der Waals surface area (Å²) in [6.07, 6.45) is 4.88. The summed E-state index contributed by atoms with van der Waals surface area (Å²) in [5, 5.41) is 9.69. The van der Waals surface area contributed by atoms with E-state index in [1.165, 1.54) is 25.7 Å². The second-order valence-electron chi connectivity index (χ2n) is 8.09. The Morgan fingerprint density at radius 2 is 1.65 bits per heavy atom. The highest BCUT2D eigenvalue weighted by molar-refractivity contribution is 14.0. The standard InChI is InChI=1S/C17H34N4O.HI/c1-16(2,3)14(22)19-11-12-20-15(18-6)21-13-7-9-17(4,5)10-8-13;/h13H,7-12H2,1-6H3,(H,19,22)(H2,18,20,21);1H. The van der Waals surface area contributed by atoms with Gasteiger partial charge in [0, 0.05) is 31.6 Å². The van der Waals surface area contributed by atoms with Gasteiger partial charge < -0.3 is 16.0 Å². The zero-order valence-corrected chi connectivity index (χ0v) is 17.9. The first-order valence-corrected chi connectivity index (χ1v) is 8.39. The molecule has 0 heterocycles. The van der Waals surface area contributed by atoms with Gasteiger partial charge in [-0.05, 0) is 31.1 Å². The normalized spacial score (nSPS) is 18.8. The van der Waals surface area contributed by atoms with Gasteiger partial charge in [-0.3, -0.25) is 9.79 Å². The van der Waals surface area contributed by atoms with E-state index in [1.807, 2.05) is 20.8 Å². The smallest absolute Gasteiger partial charge is 0.225 e. The molecule has 5 nitrogen and oxygen atoms in total. The number of halogens is 1. The predicted molar refractivity (Wildman–Crippen MR) is 108 cm³/mol. The van der Waals surface area contributed by atoms with Crippen LogP contribution < -0.4 is 16.0 Å². The Balaban J connectivity index is 0.00000484. The molecule has 0 aliphatic heterocycles. The van der Waals surface area contributed by atoms with Gasteiger partial charge in [0.25, 0.3) is 0 Å². The molecule has 6 heteroatoms. The Morgan fingerprint density at radius 3 is 2.13 bits per heavy atom. The van der Waals surface area contributed by atoms with Crippen molar-refractivity contribution in [2.45, 2.75) is 66.3 Å². The zero-order chi connectivity index (χ0) is 16.8. The molecule has 0 radical (unpaired) electrons. The Hall–Kier alpha value is -0.530. The largest absolute Gasteiger partial charge is 0.355 e. The highest BCUT2D eigenvalue weighted by Crippen LogP contribution is 2.34. The van der Waals surface area contributed by atoms with Crippen molar-refractivity contribution in [3.05, 3.63) is 0 Å². The molecule has 0 spiro atoms. The maximum Gasteiger partial charge on any atom is 0.225 e. The lowest BCUT2D eigenvalue weighted by Gasteiger charge is -2.35. The van der Waals surface area contributed by atoms with Gasteiger partial charge in [0.2, 0.25) is 5.91 Å². The molecule has 0 aromatic carbocycles. The monoisotopic (exact) mass is 438 g/mol. The second kappa shape index (κ2) is 9.69. The van der Waals surface area contributed by atoms with Crippen molar-refractivity contribution in [3.8, 4) is 0 Å². The van der Waals surface area contributed by atoms with Gasteiger partial charge in [-0.15, -0.1) is 24.0 Å². The SMILES string of the molecule is CN=C(NCCNC(=O)C(C)(C)C)NC1CCC(C)(C)CC1.I. The third-order valence-electron chi connectivity index (χ3n) is 4.29. The first-order chi connectivity index (χ1) is 10.1. The number of nitrogens with zero attached hydrogens (tertiary/aromatic N) is 1. The molecule has 1 rings (SSSR count). The number of nitrogens with one attached hydrogen (secondary N) is 3. The fourth-order valence-electron chi connectivity index (χ4n) is 2.55. The number of aliphatic imine (C=N–C) groups is 1. The van der Waals surface area contributed by atoms with Gasteiger partial charge in [-0.2, -0.15) is 0 Å². The van der Waals surface area contributed by atoms with Crippen LogP contribution in [0.5, 0.6) is 0 Å². The molecule has 136 valence electrons. The van der Waals surface area contributed by atoms with Crippen LogP contribution in [0.15, 0.2) is 4.99 Å². The summed E-state index contributed by atoms with van der Waals surface area (Å²) in [6.45, 7) is 11.7. The first kappa shape index (κ1) is 22.5. The van der Waals surface area contributed by atoms with E-state index in [0.29, 0.717) is 24.5 Å². The van der Waals surface area contributed by atoms with Crippen molar-refractivity contribution in [2.24, 2.45) is 15.8 Å². The molecule has 23 heavy (non-hydrogen) atoms. The summed E-state index contributed by atoms with van der Waals surface area (Å²) in [4.78, 5) is 16.0. The molecule has 1 fully saturated rings. The van der Waals surface area contributed by atoms with Crippen molar-refractivity contribution < 1.29 is 4.79 Å². The number of hydrogen-bond acceptors (Lipinski definition) is 2. The molecule has 3 N–H and O–H groups in total. The molecule has 1 saturated carbocycles. The number of guanidine groups is 1. The van der Waals surface area contributed by atoms with E-state index in [4.69, 9.17) is 0 Å². The molecule has 1 amide bonds. The van der Waals surface area contributed by atoms with Gasteiger partial charge in [-0.25, -0.2) is 0 Å². The number of amides is 1. The quantitative estimate of drug-likeness (QED) is 0.274.